The number of methoxy groups -OCH3 is 1. The van der Waals surface area contributed by atoms with Crippen LogP contribution >= 0.6 is 24.0 Å². The minimum atomic E-state index is 0. The molecule has 168 valence electrons. The average Bonchev–Trinajstić information content (AvgIpc) is 3.22. The largest absolute Gasteiger partial charge is 0.493 e. The Morgan fingerprint density at radius 3 is 2.52 bits per heavy atom. The number of hydrogen-bond acceptors (Lipinski definition) is 4. The van der Waals surface area contributed by atoms with E-state index in [4.69, 9.17) is 14.2 Å². The molecule has 2 aromatic rings. The van der Waals surface area contributed by atoms with Crippen molar-refractivity contribution in [2.75, 3.05) is 20.8 Å². The third-order valence-corrected chi connectivity index (χ3v) is 6.30. The molecule has 4 rings (SSSR count). The first-order valence-corrected chi connectivity index (χ1v) is 10.5. The summed E-state index contributed by atoms with van der Waals surface area (Å²) in [5, 5.41) is 7.04. The van der Waals surface area contributed by atoms with Crippen LogP contribution in [0.5, 0.6) is 17.2 Å². The normalized spacial score (nSPS) is 23.7. The second-order valence-corrected chi connectivity index (χ2v) is 8.51. The second-order valence-electron chi connectivity index (χ2n) is 8.51. The van der Waals surface area contributed by atoms with Crippen molar-refractivity contribution in [3.63, 3.8) is 0 Å². The first-order valence-electron chi connectivity index (χ1n) is 10.5. The van der Waals surface area contributed by atoms with E-state index in [1.54, 1.807) is 7.11 Å². The van der Waals surface area contributed by atoms with Gasteiger partial charge >= 0.3 is 0 Å². The molecule has 6 nitrogen and oxygen atoms in total. The standard InChI is InChI=1S/C24H31N3O3.HI/c1-24(2)21(18-13-14-29-22(18)24)27-23(25-3)26-15-16-9-11-17(12-10-16)30-20-8-6-5-7-19(20)28-4;/h5-12,18,21-22H,13-15H2,1-4H3,(H2,25,26,27);1H. The van der Waals surface area contributed by atoms with Crippen molar-refractivity contribution in [3.8, 4) is 17.2 Å². The molecule has 3 unspecified atom stereocenters. The molecule has 1 aliphatic heterocycles. The van der Waals surface area contributed by atoms with E-state index in [0.717, 1.165) is 30.3 Å². The van der Waals surface area contributed by atoms with Crippen molar-refractivity contribution in [2.45, 2.75) is 39.0 Å². The number of benzene rings is 2. The lowest BCUT2D eigenvalue weighted by molar-refractivity contribution is -0.106. The van der Waals surface area contributed by atoms with Gasteiger partial charge < -0.3 is 24.8 Å². The first kappa shape index (κ1) is 23.7. The molecule has 1 heterocycles. The Labute approximate surface area is 201 Å². The van der Waals surface area contributed by atoms with Gasteiger partial charge in [0.25, 0.3) is 0 Å². The molecule has 2 fully saturated rings. The van der Waals surface area contributed by atoms with Crippen molar-refractivity contribution in [2.24, 2.45) is 16.3 Å². The van der Waals surface area contributed by atoms with Crippen LogP contribution in [0.1, 0.15) is 25.8 Å². The second kappa shape index (κ2) is 10.1. The third kappa shape index (κ3) is 4.92. The zero-order chi connectivity index (χ0) is 21.1. The topological polar surface area (TPSA) is 64.1 Å². The SMILES string of the molecule is CN=C(NCc1ccc(Oc2ccccc2OC)cc1)NC1C2CCOC2C1(C)C.I. The summed E-state index contributed by atoms with van der Waals surface area (Å²) < 4.78 is 17.2. The monoisotopic (exact) mass is 537 g/mol. The molecule has 0 aromatic heterocycles. The molecule has 7 heteroatoms. The lowest BCUT2D eigenvalue weighted by atomic mass is 9.57. The van der Waals surface area contributed by atoms with Crippen LogP contribution in [-0.4, -0.2) is 38.9 Å². The van der Waals surface area contributed by atoms with E-state index in [1.165, 1.54) is 0 Å². The minimum Gasteiger partial charge on any atom is -0.493 e. The summed E-state index contributed by atoms with van der Waals surface area (Å²) in [5.74, 6) is 3.59. The number of aliphatic imine (C=N–C) groups is 1. The molecule has 0 spiro atoms. The highest BCUT2D eigenvalue weighted by Crippen LogP contribution is 2.52. The summed E-state index contributed by atoms with van der Waals surface area (Å²) in [6.45, 7) is 6.09. The molecule has 1 aliphatic carbocycles. The van der Waals surface area contributed by atoms with E-state index in [9.17, 15) is 0 Å². The van der Waals surface area contributed by atoms with Crippen LogP contribution in [0.15, 0.2) is 53.5 Å². The highest BCUT2D eigenvalue weighted by Gasteiger charge is 2.59. The number of hydrogen-bond donors (Lipinski definition) is 2. The summed E-state index contributed by atoms with van der Waals surface area (Å²) in [6.07, 6.45) is 1.49. The Morgan fingerprint density at radius 1 is 1.13 bits per heavy atom. The number of nitrogens with one attached hydrogen (secondary N) is 2. The van der Waals surface area contributed by atoms with Crippen LogP contribution in [0.2, 0.25) is 0 Å². The summed E-state index contributed by atoms with van der Waals surface area (Å²) in [7, 11) is 3.45. The quantitative estimate of drug-likeness (QED) is 0.321. The van der Waals surface area contributed by atoms with E-state index in [-0.39, 0.29) is 29.4 Å². The number of halogens is 1. The van der Waals surface area contributed by atoms with Gasteiger partial charge in [0, 0.05) is 37.6 Å². The summed E-state index contributed by atoms with van der Waals surface area (Å²) in [5.41, 5.74) is 1.27. The van der Waals surface area contributed by atoms with Crippen molar-refractivity contribution < 1.29 is 14.2 Å². The summed E-state index contributed by atoms with van der Waals surface area (Å²) in [6, 6.07) is 16.1. The molecule has 2 N–H and O–H groups in total. The van der Waals surface area contributed by atoms with Gasteiger partial charge in [-0.2, -0.15) is 0 Å². The van der Waals surface area contributed by atoms with Crippen LogP contribution in [0, 0.1) is 11.3 Å². The van der Waals surface area contributed by atoms with Gasteiger partial charge in [0.05, 0.1) is 13.2 Å². The lowest BCUT2D eigenvalue weighted by Crippen LogP contribution is -2.67. The zero-order valence-corrected chi connectivity index (χ0v) is 20.9. The number of rotatable bonds is 6. The maximum absolute atomic E-state index is 5.95. The molecule has 1 saturated heterocycles. The molecule has 2 aromatic carbocycles. The van der Waals surface area contributed by atoms with Crippen molar-refractivity contribution >= 4 is 29.9 Å². The smallest absolute Gasteiger partial charge is 0.191 e. The number of nitrogens with zero attached hydrogens (tertiary/aromatic N) is 1. The van der Waals surface area contributed by atoms with E-state index >= 15 is 0 Å². The van der Waals surface area contributed by atoms with Crippen LogP contribution in [0.4, 0.5) is 0 Å². The van der Waals surface area contributed by atoms with Crippen molar-refractivity contribution in [1.82, 2.24) is 10.6 Å². The van der Waals surface area contributed by atoms with Gasteiger partial charge in [0.2, 0.25) is 0 Å². The first-order chi connectivity index (χ1) is 14.5. The van der Waals surface area contributed by atoms with Gasteiger partial charge in [0.1, 0.15) is 5.75 Å². The van der Waals surface area contributed by atoms with Gasteiger partial charge in [-0.15, -0.1) is 24.0 Å². The fraction of sp³-hybridized carbons (Fsp3) is 0.458. The van der Waals surface area contributed by atoms with Crippen LogP contribution in [0.25, 0.3) is 0 Å². The maximum atomic E-state index is 5.95. The van der Waals surface area contributed by atoms with E-state index in [0.29, 0.717) is 36.1 Å². The Balaban J connectivity index is 0.00000272. The predicted octanol–water partition coefficient (Wildman–Crippen LogP) is 4.58. The van der Waals surface area contributed by atoms with E-state index < -0.39 is 0 Å². The van der Waals surface area contributed by atoms with Gasteiger partial charge in [-0.3, -0.25) is 4.99 Å². The molecule has 3 atom stereocenters. The molecule has 31 heavy (non-hydrogen) atoms. The Kier molecular flexibility index (Phi) is 7.69. The lowest BCUT2D eigenvalue weighted by Gasteiger charge is -2.54. The number of fused-ring (bicyclic) bond motifs is 1. The Bertz CT molecular complexity index is 901. The van der Waals surface area contributed by atoms with Crippen LogP contribution in [-0.2, 0) is 11.3 Å². The Hall–Kier alpha value is -2.00. The number of para-hydroxylation sites is 2. The molecular formula is C24H32IN3O3. The zero-order valence-electron chi connectivity index (χ0n) is 18.6. The van der Waals surface area contributed by atoms with Gasteiger partial charge in [0.15, 0.2) is 17.5 Å². The minimum absolute atomic E-state index is 0. The fourth-order valence-electron chi connectivity index (χ4n) is 4.65. The molecule has 0 radical (unpaired) electrons. The van der Waals surface area contributed by atoms with Gasteiger partial charge in [-0.25, -0.2) is 0 Å². The number of guanidine groups is 1. The highest BCUT2D eigenvalue weighted by atomic mass is 127. The predicted molar refractivity (Wildman–Crippen MR) is 134 cm³/mol. The van der Waals surface area contributed by atoms with Crippen LogP contribution in [0.3, 0.4) is 0 Å². The van der Waals surface area contributed by atoms with E-state index in [2.05, 4.69) is 41.6 Å². The third-order valence-electron chi connectivity index (χ3n) is 6.30. The highest BCUT2D eigenvalue weighted by molar-refractivity contribution is 14.0. The Morgan fingerprint density at radius 2 is 1.84 bits per heavy atom. The number of ether oxygens (including phenoxy) is 3. The maximum Gasteiger partial charge on any atom is 0.191 e. The van der Waals surface area contributed by atoms with Crippen molar-refractivity contribution in [1.29, 1.82) is 0 Å². The van der Waals surface area contributed by atoms with Gasteiger partial charge in [-0.1, -0.05) is 38.1 Å². The van der Waals surface area contributed by atoms with Crippen molar-refractivity contribution in [3.05, 3.63) is 54.1 Å². The summed E-state index contributed by atoms with van der Waals surface area (Å²) >= 11 is 0. The average molecular weight is 537 g/mol. The molecule has 1 saturated carbocycles. The summed E-state index contributed by atoms with van der Waals surface area (Å²) in [4.78, 5) is 4.41. The molecule has 0 amide bonds. The van der Waals surface area contributed by atoms with E-state index in [1.807, 2.05) is 43.4 Å². The van der Waals surface area contributed by atoms with Gasteiger partial charge in [-0.05, 0) is 36.2 Å². The molecule has 0 bridgehead atoms. The fourth-order valence-corrected chi connectivity index (χ4v) is 4.65. The molecule has 2 aliphatic rings. The van der Waals surface area contributed by atoms with Crippen LogP contribution < -0.4 is 20.1 Å². The molecular weight excluding hydrogens is 505 g/mol.